The zero-order valence-corrected chi connectivity index (χ0v) is 12.0. The maximum absolute atomic E-state index is 11.8. The Balaban J connectivity index is 2.03. The highest BCUT2D eigenvalue weighted by Crippen LogP contribution is 2.20. The van der Waals surface area contributed by atoms with Crippen molar-refractivity contribution in [2.45, 2.75) is 13.5 Å². The van der Waals surface area contributed by atoms with Crippen molar-refractivity contribution in [2.24, 2.45) is 0 Å². The third-order valence-corrected chi connectivity index (χ3v) is 3.25. The normalized spacial score (nSPS) is 10.2. The summed E-state index contributed by atoms with van der Waals surface area (Å²) in [4.78, 5) is 16.1. The van der Waals surface area contributed by atoms with Crippen LogP contribution in [0.25, 0.3) is 0 Å². The smallest absolute Gasteiger partial charge is 0.338 e. The summed E-state index contributed by atoms with van der Waals surface area (Å²) in [7, 11) is 0. The van der Waals surface area contributed by atoms with Gasteiger partial charge in [-0.25, -0.2) is 4.79 Å². The maximum Gasteiger partial charge on any atom is 0.338 e. The van der Waals surface area contributed by atoms with Gasteiger partial charge in [0.1, 0.15) is 6.61 Å². The first kappa shape index (κ1) is 13.5. The van der Waals surface area contributed by atoms with E-state index >= 15 is 0 Å². The largest absolute Gasteiger partial charge is 0.456 e. The number of hydrogen-bond donors (Lipinski definition) is 1. The molecule has 0 saturated heterocycles. The minimum absolute atomic E-state index is 0.149. The number of nitrogens with two attached hydrogens (primary N) is 1. The summed E-state index contributed by atoms with van der Waals surface area (Å²) in [6.07, 6.45) is 0. The number of carbonyl (C=O) groups excluding carboxylic acids is 1. The fraction of sp³-hybridized carbons (Fsp3) is 0.143. The molecular weight excluding hydrogens is 308 g/mol. The quantitative estimate of drug-likeness (QED) is 0.697. The van der Waals surface area contributed by atoms with Crippen LogP contribution in [0, 0.1) is 6.92 Å². The summed E-state index contributed by atoms with van der Waals surface area (Å²) in [5.74, 6) is -0.414. The minimum atomic E-state index is -0.414. The van der Waals surface area contributed by atoms with Crippen molar-refractivity contribution in [1.82, 2.24) is 4.98 Å². The highest BCUT2D eigenvalue weighted by molar-refractivity contribution is 9.10. The Morgan fingerprint density at radius 2 is 2.16 bits per heavy atom. The molecule has 0 spiro atoms. The van der Waals surface area contributed by atoms with Crippen LogP contribution in [-0.4, -0.2) is 11.0 Å². The molecule has 1 aromatic carbocycles. The summed E-state index contributed by atoms with van der Waals surface area (Å²) in [5.41, 5.74) is 8.26. The second-order valence-corrected chi connectivity index (χ2v) is 4.94. The molecule has 1 aromatic heterocycles. The van der Waals surface area contributed by atoms with Gasteiger partial charge in [-0.05, 0) is 53.2 Å². The molecule has 0 amide bonds. The van der Waals surface area contributed by atoms with E-state index in [0.717, 1.165) is 15.9 Å². The monoisotopic (exact) mass is 320 g/mol. The molecule has 5 heteroatoms. The lowest BCUT2D eigenvalue weighted by atomic mass is 10.2. The molecule has 0 bridgehead atoms. The molecule has 4 nitrogen and oxygen atoms in total. The molecule has 2 rings (SSSR count). The highest BCUT2D eigenvalue weighted by Gasteiger charge is 2.09. The Morgan fingerprint density at radius 3 is 2.84 bits per heavy atom. The van der Waals surface area contributed by atoms with Gasteiger partial charge >= 0.3 is 5.97 Å². The average molecular weight is 321 g/mol. The number of halogens is 1. The van der Waals surface area contributed by atoms with Gasteiger partial charge in [0.15, 0.2) is 0 Å². The predicted molar refractivity (Wildman–Crippen MR) is 76.6 cm³/mol. The molecule has 0 radical (unpaired) electrons. The van der Waals surface area contributed by atoms with Crippen LogP contribution in [0.2, 0.25) is 0 Å². The Morgan fingerprint density at radius 1 is 1.37 bits per heavy atom. The number of pyridine rings is 1. The van der Waals surface area contributed by atoms with E-state index in [0.29, 0.717) is 11.3 Å². The van der Waals surface area contributed by atoms with E-state index < -0.39 is 5.97 Å². The third-order valence-electron chi connectivity index (χ3n) is 2.53. The number of ether oxygens (including phenoxy) is 1. The van der Waals surface area contributed by atoms with Crippen molar-refractivity contribution in [3.8, 4) is 0 Å². The Hall–Kier alpha value is -1.88. The molecule has 0 aliphatic rings. The molecule has 98 valence electrons. The van der Waals surface area contributed by atoms with E-state index in [-0.39, 0.29) is 6.61 Å². The number of carbonyl (C=O) groups is 1. The Kier molecular flexibility index (Phi) is 4.16. The molecule has 0 atom stereocenters. The van der Waals surface area contributed by atoms with Gasteiger partial charge in [-0.2, -0.15) is 0 Å². The zero-order valence-electron chi connectivity index (χ0n) is 10.4. The summed E-state index contributed by atoms with van der Waals surface area (Å²) >= 11 is 3.28. The number of benzene rings is 1. The van der Waals surface area contributed by atoms with Crippen molar-refractivity contribution >= 4 is 27.6 Å². The van der Waals surface area contributed by atoms with Gasteiger partial charge in [0.25, 0.3) is 0 Å². The summed E-state index contributed by atoms with van der Waals surface area (Å²) in [5, 5.41) is 0. The summed E-state index contributed by atoms with van der Waals surface area (Å²) in [6.45, 7) is 2.04. The number of esters is 1. The average Bonchev–Trinajstić information content (AvgIpc) is 2.39. The number of rotatable bonds is 3. The minimum Gasteiger partial charge on any atom is -0.456 e. The SMILES string of the molecule is Cc1cccc(COC(=O)c2ccc(Br)c(N)c2)n1. The van der Waals surface area contributed by atoms with Crippen LogP contribution in [0.15, 0.2) is 40.9 Å². The fourth-order valence-corrected chi connectivity index (χ4v) is 1.82. The van der Waals surface area contributed by atoms with Crippen molar-refractivity contribution in [3.63, 3.8) is 0 Å². The molecule has 0 aliphatic carbocycles. The number of nitrogens with zero attached hydrogens (tertiary/aromatic N) is 1. The number of anilines is 1. The maximum atomic E-state index is 11.8. The molecule has 2 N–H and O–H groups in total. The second kappa shape index (κ2) is 5.84. The van der Waals surface area contributed by atoms with Gasteiger partial charge < -0.3 is 10.5 Å². The highest BCUT2D eigenvalue weighted by atomic mass is 79.9. The predicted octanol–water partition coefficient (Wildman–Crippen LogP) is 3.09. The zero-order chi connectivity index (χ0) is 13.8. The first-order valence-corrected chi connectivity index (χ1v) is 6.50. The van der Waals surface area contributed by atoms with Crippen molar-refractivity contribution in [1.29, 1.82) is 0 Å². The van der Waals surface area contributed by atoms with Crippen molar-refractivity contribution in [3.05, 3.63) is 57.8 Å². The lowest BCUT2D eigenvalue weighted by Crippen LogP contribution is -2.07. The van der Waals surface area contributed by atoms with E-state index in [1.54, 1.807) is 18.2 Å². The summed E-state index contributed by atoms with van der Waals surface area (Å²) < 4.78 is 5.95. The van der Waals surface area contributed by atoms with Crippen LogP contribution in [0.3, 0.4) is 0 Å². The fourth-order valence-electron chi connectivity index (χ4n) is 1.57. The molecule has 19 heavy (non-hydrogen) atoms. The van der Waals surface area contributed by atoms with Crippen LogP contribution in [0.4, 0.5) is 5.69 Å². The molecular formula is C14H13BrN2O2. The molecule has 0 aliphatic heterocycles. The first-order valence-electron chi connectivity index (χ1n) is 5.71. The third kappa shape index (κ3) is 3.54. The summed E-state index contributed by atoms with van der Waals surface area (Å²) in [6, 6.07) is 10.5. The molecule has 1 heterocycles. The van der Waals surface area contributed by atoms with E-state index in [2.05, 4.69) is 20.9 Å². The van der Waals surface area contributed by atoms with Crippen LogP contribution in [-0.2, 0) is 11.3 Å². The molecule has 0 saturated carbocycles. The lowest BCUT2D eigenvalue weighted by Gasteiger charge is -2.06. The first-order chi connectivity index (χ1) is 9.06. The van der Waals surface area contributed by atoms with Gasteiger partial charge in [0.05, 0.1) is 11.3 Å². The van der Waals surface area contributed by atoms with Gasteiger partial charge in [0.2, 0.25) is 0 Å². The number of nitrogen functional groups attached to an aromatic ring is 1. The van der Waals surface area contributed by atoms with Crippen LogP contribution < -0.4 is 5.73 Å². The van der Waals surface area contributed by atoms with E-state index in [9.17, 15) is 4.79 Å². The van der Waals surface area contributed by atoms with Crippen molar-refractivity contribution < 1.29 is 9.53 Å². The Labute approximate surface area is 119 Å². The number of hydrogen-bond acceptors (Lipinski definition) is 4. The van der Waals surface area contributed by atoms with Crippen molar-refractivity contribution in [2.75, 3.05) is 5.73 Å². The van der Waals surface area contributed by atoms with E-state index in [1.807, 2.05) is 25.1 Å². The molecule has 0 fully saturated rings. The van der Waals surface area contributed by atoms with E-state index in [1.165, 1.54) is 0 Å². The van der Waals surface area contributed by atoms with E-state index in [4.69, 9.17) is 10.5 Å². The van der Waals surface area contributed by atoms with Gasteiger partial charge in [-0.15, -0.1) is 0 Å². The topological polar surface area (TPSA) is 65.2 Å². The molecule has 0 unspecified atom stereocenters. The van der Waals surface area contributed by atoms with Gasteiger partial charge in [0, 0.05) is 15.9 Å². The lowest BCUT2D eigenvalue weighted by molar-refractivity contribution is 0.0467. The van der Waals surface area contributed by atoms with Crippen LogP contribution in [0.5, 0.6) is 0 Å². The van der Waals surface area contributed by atoms with Gasteiger partial charge in [-0.1, -0.05) is 6.07 Å². The standard InChI is InChI=1S/C14H13BrN2O2/c1-9-3-2-4-11(17-9)8-19-14(18)10-5-6-12(15)13(16)7-10/h2-7H,8,16H2,1H3. The number of aromatic nitrogens is 1. The second-order valence-electron chi connectivity index (χ2n) is 4.08. The van der Waals surface area contributed by atoms with Crippen LogP contribution in [0.1, 0.15) is 21.7 Å². The number of aryl methyl sites for hydroxylation is 1. The Bertz CT molecular complexity index is 614. The van der Waals surface area contributed by atoms with Crippen LogP contribution >= 0.6 is 15.9 Å². The van der Waals surface area contributed by atoms with Gasteiger partial charge in [-0.3, -0.25) is 4.98 Å². The molecule has 2 aromatic rings.